The molecule has 0 atom stereocenters. The second-order valence-electron chi connectivity index (χ2n) is 6.89. The minimum Gasteiger partial charge on any atom is -0.482 e. The van der Waals surface area contributed by atoms with Crippen LogP contribution < -0.4 is 14.4 Å². The van der Waals surface area contributed by atoms with Crippen LogP contribution in [0.5, 0.6) is 5.75 Å². The van der Waals surface area contributed by atoms with E-state index in [-0.39, 0.29) is 28.4 Å². The third-order valence-corrected chi connectivity index (χ3v) is 6.44. The van der Waals surface area contributed by atoms with Gasteiger partial charge in [-0.1, -0.05) is 36.4 Å². The zero-order valence-corrected chi connectivity index (χ0v) is 18.4. The van der Waals surface area contributed by atoms with Crippen LogP contribution in [0.3, 0.4) is 0 Å². The van der Waals surface area contributed by atoms with Gasteiger partial charge in [-0.3, -0.25) is 9.10 Å². The molecule has 0 saturated heterocycles. The third kappa shape index (κ3) is 6.04. The Kier molecular flexibility index (Phi) is 7.27. The number of sulfonamides is 1. The zero-order chi connectivity index (χ0) is 24.1. The first-order chi connectivity index (χ1) is 15.6. The Morgan fingerprint density at radius 1 is 0.970 bits per heavy atom. The fourth-order valence-corrected chi connectivity index (χ4v) is 4.58. The molecule has 33 heavy (non-hydrogen) atoms. The van der Waals surface area contributed by atoms with Gasteiger partial charge in [-0.2, -0.15) is 13.2 Å². The van der Waals surface area contributed by atoms with Gasteiger partial charge in [0.1, 0.15) is 5.75 Å². The highest BCUT2D eigenvalue weighted by molar-refractivity contribution is 7.92. The minimum absolute atomic E-state index is 0.0193. The number of anilines is 2. The number of nitrogens with one attached hydrogen (secondary N) is 1. The Morgan fingerprint density at radius 3 is 2.30 bits per heavy atom. The van der Waals surface area contributed by atoms with Crippen molar-refractivity contribution in [1.29, 1.82) is 0 Å². The molecular formula is C23H21F3N2O4S. The number of alkyl halides is 3. The molecule has 0 bridgehead atoms. The number of hydrogen-bond acceptors (Lipinski definition) is 4. The largest absolute Gasteiger partial charge is 0.482 e. The zero-order valence-electron chi connectivity index (χ0n) is 17.5. The van der Waals surface area contributed by atoms with Crippen LogP contribution in [0.25, 0.3) is 0 Å². The molecule has 0 heterocycles. The molecule has 0 unspecified atom stereocenters. The second-order valence-corrected chi connectivity index (χ2v) is 8.75. The lowest BCUT2D eigenvalue weighted by atomic mass is 10.2. The van der Waals surface area contributed by atoms with Crippen LogP contribution in [0, 0.1) is 0 Å². The van der Waals surface area contributed by atoms with Gasteiger partial charge in [0.25, 0.3) is 15.9 Å². The number of amides is 1. The molecule has 0 aliphatic rings. The highest BCUT2D eigenvalue weighted by Crippen LogP contribution is 2.28. The maximum Gasteiger partial charge on any atom is 0.422 e. The first kappa shape index (κ1) is 24.1. The molecule has 3 aromatic carbocycles. The van der Waals surface area contributed by atoms with Crippen molar-refractivity contribution < 1.29 is 31.1 Å². The fraction of sp³-hybridized carbons (Fsp3) is 0.174. The van der Waals surface area contributed by atoms with Gasteiger partial charge in [0.15, 0.2) is 6.61 Å². The molecular weight excluding hydrogens is 457 g/mol. The normalized spacial score (nSPS) is 11.6. The molecule has 0 spiro atoms. The molecule has 3 aromatic rings. The predicted molar refractivity (Wildman–Crippen MR) is 119 cm³/mol. The van der Waals surface area contributed by atoms with E-state index >= 15 is 0 Å². The Balaban J connectivity index is 1.85. The maximum absolute atomic E-state index is 13.2. The Morgan fingerprint density at radius 2 is 1.64 bits per heavy atom. The van der Waals surface area contributed by atoms with Crippen molar-refractivity contribution in [2.75, 3.05) is 22.8 Å². The van der Waals surface area contributed by atoms with E-state index in [1.165, 1.54) is 52.8 Å². The SMILES string of the molecule is CCN(c1ccccc1)S(=O)(=O)c1cccc(C(=O)Nc2ccccc2OCC(F)(F)F)c1. The third-order valence-electron chi connectivity index (χ3n) is 4.54. The number of nitrogens with zero attached hydrogens (tertiary/aromatic N) is 1. The van der Waals surface area contributed by atoms with E-state index in [2.05, 4.69) is 5.32 Å². The first-order valence-electron chi connectivity index (χ1n) is 9.89. The van der Waals surface area contributed by atoms with Gasteiger partial charge in [0.05, 0.1) is 16.3 Å². The van der Waals surface area contributed by atoms with Crippen LogP contribution in [0.2, 0.25) is 0 Å². The van der Waals surface area contributed by atoms with Crippen LogP contribution in [-0.4, -0.2) is 33.7 Å². The van der Waals surface area contributed by atoms with Crippen LogP contribution in [0.1, 0.15) is 17.3 Å². The number of rotatable bonds is 8. The lowest BCUT2D eigenvalue weighted by Crippen LogP contribution is -2.31. The summed E-state index contributed by atoms with van der Waals surface area (Å²) in [6, 6.07) is 19.6. The van der Waals surface area contributed by atoms with Gasteiger partial charge in [-0.05, 0) is 49.4 Å². The quantitative estimate of drug-likeness (QED) is 0.489. The van der Waals surface area contributed by atoms with Crippen LogP contribution in [-0.2, 0) is 10.0 Å². The number of carbonyl (C=O) groups excluding carboxylic acids is 1. The number of benzene rings is 3. The van der Waals surface area contributed by atoms with Crippen molar-refractivity contribution in [3.63, 3.8) is 0 Å². The van der Waals surface area contributed by atoms with Crippen molar-refractivity contribution in [2.45, 2.75) is 18.0 Å². The summed E-state index contributed by atoms with van der Waals surface area (Å²) in [5.41, 5.74) is 0.524. The van der Waals surface area contributed by atoms with Crippen molar-refractivity contribution in [2.24, 2.45) is 0 Å². The molecule has 0 radical (unpaired) electrons. The summed E-state index contributed by atoms with van der Waals surface area (Å²) in [6.45, 7) is 0.353. The molecule has 10 heteroatoms. The average Bonchev–Trinajstić information content (AvgIpc) is 2.79. The molecule has 0 fully saturated rings. The Bertz CT molecular complexity index is 1220. The second kappa shape index (κ2) is 9.95. The van der Waals surface area contributed by atoms with E-state index in [0.29, 0.717) is 5.69 Å². The summed E-state index contributed by atoms with van der Waals surface area (Å²) < 4.78 is 69.9. The first-order valence-corrected chi connectivity index (χ1v) is 11.3. The van der Waals surface area contributed by atoms with Crippen LogP contribution >= 0.6 is 0 Å². The number of ether oxygens (including phenoxy) is 1. The van der Waals surface area contributed by atoms with Gasteiger partial charge in [-0.25, -0.2) is 8.42 Å². The van der Waals surface area contributed by atoms with E-state index in [9.17, 15) is 26.4 Å². The fourth-order valence-electron chi connectivity index (χ4n) is 3.06. The van der Waals surface area contributed by atoms with E-state index in [0.717, 1.165) is 0 Å². The number of para-hydroxylation sites is 3. The summed E-state index contributed by atoms with van der Waals surface area (Å²) in [5, 5.41) is 2.48. The number of hydrogen-bond donors (Lipinski definition) is 1. The highest BCUT2D eigenvalue weighted by Gasteiger charge is 2.29. The van der Waals surface area contributed by atoms with E-state index < -0.39 is 28.7 Å². The molecule has 1 amide bonds. The molecule has 0 aliphatic heterocycles. The van der Waals surface area contributed by atoms with Gasteiger partial charge in [0.2, 0.25) is 0 Å². The topological polar surface area (TPSA) is 75.7 Å². The van der Waals surface area contributed by atoms with Gasteiger partial charge in [0, 0.05) is 12.1 Å². The van der Waals surface area contributed by atoms with Crippen LogP contribution in [0.4, 0.5) is 24.5 Å². The molecule has 0 saturated carbocycles. The minimum atomic E-state index is -4.54. The van der Waals surface area contributed by atoms with Crippen molar-refractivity contribution in [3.8, 4) is 5.75 Å². The summed E-state index contributed by atoms with van der Waals surface area (Å²) in [7, 11) is -3.96. The highest BCUT2D eigenvalue weighted by atomic mass is 32.2. The number of halogens is 3. The van der Waals surface area contributed by atoms with Gasteiger partial charge >= 0.3 is 6.18 Å². The van der Waals surface area contributed by atoms with Crippen LogP contribution in [0.15, 0.2) is 83.8 Å². The summed E-state index contributed by atoms with van der Waals surface area (Å²) in [6.07, 6.45) is -4.54. The molecule has 3 rings (SSSR count). The Labute approximate surface area is 189 Å². The Hall–Kier alpha value is -3.53. The molecule has 0 aliphatic carbocycles. The predicted octanol–water partition coefficient (Wildman–Crippen LogP) is 5.10. The van der Waals surface area contributed by atoms with Crippen molar-refractivity contribution in [3.05, 3.63) is 84.4 Å². The smallest absolute Gasteiger partial charge is 0.422 e. The van der Waals surface area contributed by atoms with Crippen molar-refractivity contribution in [1.82, 2.24) is 0 Å². The lowest BCUT2D eigenvalue weighted by Gasteiger charge is -2.23. The summed E-state index contributed by atoms with van der Waals surface area (Å²) in [4.78, 5) is 12.7. The number of carbonyl (C=O) groups is 1. The van der Waals surface area contributed by atoms with E-state index in [4.69, 9.17) is 4.74 Å². The van der Waals surface area contributed by atoms with E-state index in [1.807, 2.05) is 0 Å². The average molecular weight is 478 g/mol. The molecule has 174 valence electrons. The monoisotopic (exact) mass is 478 g/mol. The lowest BCUT2D eigenvalue weighted by molar-refractivity contribution is -0.153. The standard InChI is InChI=1S/C23H21F3N2O4S/c1-2-28(18-10-4-3-5-11-18)33(30,31)19-12-8-9-17(15-19)22(29)27-20-13-6-7-14-21(20)32-16-23(24,25)26/h3-15H,2,16H2,1H3,(H,27,29). The maximum atomic E-state index is 13.2. The molecule has 0 aromatic heterocycles. The van der Waals surface area contributed by atoms with Crippen molar-refractivity contribution >= 4 is 27.3 Å². The van der Waals surface area contributed by atoms with Gasteiger partial charge in [-0.15, -0.1) is 0 Å². The molecule has 1 N–H and O–H groups in total. The summed E-state index contributed by atoms with van der Waals surface area (Å²) in [5.74, 6) is -0.856. The van der Waals surface area contributed by atoms with Gasteiger partial charge < -0.3 is 10.1 Å². The van der Waals surface area contributed by atoms with E-state index in [1.54, 1.807) is 37.3 Å². The molecule has 6 nitrogen and oxygen atoms in total. The summed E-state index contributed by atoms with van der Waals surface area (Å²) >= 11 is 0.